The van der Waals surface area contributed by atoms with Crippen LogP contribution in [0.2, 0.25) is 0 Å². The molecule has 1 aromatic carbocycles. The van der Waals surface area contributed by atoms with E-state index in [0.717, 1.165) is 17.8 Å². The lowest BCUT2D eigenvalue weighted by molar-refractivity contribution is -0.110. The molecular formula is C12H17N3O2. The van der Waals surface area contributed by atoms with Gasteiger partial charge in [-0.25, -0.2) is 0 Å². The van der Waals surface area contributed by atoms with E-state index < -0.39 is 0 Å². The average Bonchev–Trinajstić information content (AvgIpc) is 2.35. The fraction of sp³-hybridized carbons (Fsp3) is 0.333. The number of hydrogen-bond donors (Lipinski definition) is 2. The van der Waals surface area contributed by atoms with Crippen LogP contribution >= 0.6 is 0 Å². The monoisotopic (exact) mass is 235 g/mol. The van der Waals surface area contributed by atoms with Crippen LogP contribution in [0.5, 0.6) is 0 Å². The summed E-state index contributed by atoms with van der Waals surface area (Å²) < 4.78 is 0. The molecule has 5 nitrogen and oxygen atoms in total. The maximum absolute atomic E-state index is 11.7. The van der Waals surface area contributed by atoms with Crippen LogP contribution in [0.3, 0.4) is 0 Å². The Kier molecular flexibility index (Phi) is 4.51. The van der Waals surface area contributed by atoms with Gasteiger partial charge in [-0.2, -0.15) is 0 Å². The number of benzene rings is 1. The number of carbonyl (C=O) groups excluding carboxylic acids is 2. The lowest BCUT2D eigenvalue weighted by Crippen LogP contribution is -2.36. The minimum Gasteiger partial charge on any atom is -0.375 e. The molecular weight excluding hydrogens is 218 g/mol. The van der Waals surface area contributed by atoms with Gasteiger partial charge in [0.2, 0.25) is 6.41 Å². The zero-order chi connectivity index (χ0) is 12.8. The number of aryl methyl sites for hydroxylation is 1. The quantitative estimate of drug-likeness (QED) is 0.587. The molecule has 2 N–H and O–H groups in total. The Morgan fingerprint density at radius 2 is 2.18 bits per heavy atom. The Labute approximate surface area is 101 Å². The molecule has 0 atom stereocenters. The molecule has 1 aromatic rings. The van der Waals surface area contributed by atoms with E-state index in [1.54, 1.807) is 6.07 Å². The molecule has 92 valence electrons. The molecule has 17 heavy (non-hydrogen) atoms. The average molecular weight is 235 g/mol. The van der Waals surface area contributed by atoms with Gasteiger partial charge < -0.3 is 4.90 Å². The molecule has 0 aliphatic rings. The summed E-state index contributed by atoms with van der Waals surface area (Å²) >= 11 is 0. The summed E-state index contributed by atoms with van der Waals surface area (Å²) in [5, 5.41) is 0. The first kappa shape index (κ1) is 13.0. The Bertz CT molecular complexity index is 418. The Morgan fingerprint density at radius 1 is 1.47 bits per heavy atom. The predicted octanol–water partition coefficient (Wildman–Crippen LogP) is 0.842. The van der Waals surface area contributed by atoms with E-state index >= 15 is 0 Å². The first-order chi connectivity index (χ1) is 8.10. The number of hydrazine groups is 1. The van der Waals surface area contributed by atoms with Crippen LogP contribution in [0.1, 0.15) is 22.8 Å². The van der Waals surface area contributed by atoms with Crippen molar-refractivity contribution in [2.75, 3.05) is 18.5 Å². The number of nitrogens with one attached hydrogen (secondary N) is 2. The van der Waals surface area contributed by atoms with Crippen LogP contribution in [0.25, 0.3) is 0 Å². The highest BCUT2D eigenvalue weighted by Crippen LogP contribution is 2.18. The zero-order valence-corrected chi connectivity index (χ0v) is 10.3. The van der Waals surface area contributed by atoms with Gasteiger partial charge in [-0.3, -0.25) is 20.4 Å². The summed E-state index contributed by atoms with van der Waals surface area (Å²) in [6.45, 7) is 4.75. The van der Waals surface area contributed by atoms with Crippen molar-refractivity contribution in [3.8, 4) is 0 Å². The topological polar surface area (TPSA) is 61.4 Å². The fourth-order valence-electron chi connectivity index (χ4n) is 1.44. The maximum Gasteiger partial charge on any atom is 0.270 e. The minimum absolute atomic E-state index is 0.319. The van der Waals surface area contributed by atoms with Gasteiger partial charge in [0.15, 0.2) is 0 Å². The third-order valence-electron chi connectivity index (χ3n) is 2.63. The van der Waals surface area contributed by atoms with Gasteiger partial charge in [-0.15, -0.1) is 0 Å². The summed E-state index contributed by atoms with van der Waals surface area (Å²) in [6, 6.07) is 5.65. The van der Waals surface area contributed by atoms with Crippen molar-refractivity contribution in [2.24, 2.45) is 0 Å². The Balaban J connectivity index is 2.97. The molecule has 0 fully saturated rings. The molecule has 0 radical (unpaired) electrons. The van der Waals surface area contributed by atoms with E-state index in [9.17, 15) is 9.59 Å². The molecule has 0 heterocycles. The first-order valence-electron chi connectivity index (χ1n) is 5.41. The molecule has 1 rings (SSSR count). The van der Waals surface area contributed by atoms with Crippen molar-refractivity contribution in [2.45, 2.75) is 13.8 Å². The van der Waals surface area contributed by atoms with E-state index in [2.05, 4.69) is 10.9 Å². The Hall–Kier alpha value is -2.04. The summed E-state index contributed by atoms with van der Waals surface area (Å²) in [4.78, 5) is 23.9. The normalized spacial score (nSPS) is 9.59. The van der Waals surface area contributed by atoms with Crippen LogP contribution in [0.15, 0.2) is 18.2 Å². The van der Waals surface area contributed by atoms with E-state index in [0.29, 0.717) is 12.0 Å². The maximum atomic E-state index is 11.7. The molecule has 0 aliphatic carbocycles. The largest absolute Gasteiger partial charge is 0.375 e. The van der Waals surface area contributed by atoms with Crippen molar-refractivity contribution >= 4 is 18.0 Å². The Morgan fingerprint density at radius 3 is 2.76 bits per heavy atom. The zero-order valence-electron chi connectivity index (χ0n) is 10.3. The summed E-state index contributed by atoms with van der Waals surface area (Å²) in [5.41, 5.74) is 6.83. The number of anilines is 1. The predicted molar refractivity (Wildman–Crippen MR) is 66.8 cm³/mol. The van der Waals surface area contributed by atoms with Gasteiger partial charge in [-0.1, -0.05) is 6.07 Å². The third kappa shape index (κ3) is 3.21. The lowest BCUT2D eigenvalue weighted by Gasteiger charge is -2.18. The van der Waals surface area contributed by atoms with Gasteiger partial charge in [0.05, 0.1) is 0 Å². The number of carbonyl (C=O) groups is 2. The molecule has 0 bridgehead atoms. The SMILES string of the molecule is CCN(C)c1ccc(C)c(C(=O)NNC=O)c1. The summed E-state index contributed by atoms with van der Waals surface area (Å²) in [5.74, 6) is -0.319. The van der Waals surface area contributed by atoms with Gasteiger partial charge >= 0.3 is 0 Å². The number of nitrogens with zero attached hydrogens (tertiary/aromatic N) is 1. The summed E-state index contributed by atoms with van der Waals surface area (Å²) in [6.07, 6.45) is 0.426. The van der Waals surface area contributed by atoms with Crippen LogP contribution in [0.4, 0.5) is 5.69 Å². The van der Waals surface area contributed by atoms with E-state index in [4.69, 9.17) is 0 Å². The highest BCUT2D eigenvalue weighted by molar-refractivity contribution is 5.96. The first-order valence-corrected chi connectivity index (χ1v) is 5.41. The molecule has 0 spiro atoms. The number of hydrogen-bond acceptors (Lipinski definition) is 3. The number of amides is 2. The van der Waals surface area contributed by atoms with E-state index in [-0.39, 0.29) is 5.91 Å². The molecule has 0 aromatic heterocycles. The van der Waals surface area contributed by atoms with Crippen LogP contribution in [-0.4, -0.2) is 25.9 Å². The molecule has 0 unspecified atom stereocenters. The van der Waals surface area contributed by atoms with Crippen molar-refractivity contribution in [1.29, 1.82) is 0 Å². The second-order valence-electron chi connectivity index (χ2n) is 3.73. The van der Waals surface area contributed by atoms with Gasteiger partial charge in [0.25, 0.3) is 5.91 Å². The molecule has 5 heteroatoms. The second kappa shape index (κ2) is 5.89. The third-order valence-corrected chi connectivity index (χ3v) is 2.63. The van der Waals surface area contributed by atoms with Gasteiger partial charge in [0, 0.05) is 24.8 Å². The van der Waals surface area contributed by atoms with Gasteiger partial charge in [0.1, 0.15) is 0 Å². The smallest absolute Gasteiger partial charge is 0.270 e. The van der Waals surface area contributed by atoms with Crippen LogP contribution in [0, 0.1) is 6.92 Å². The van der Waals surface area contributed by atoms with Crippen molar-refractivity contribution in [3.05, 3.63) is 29.3 Å². The molecule has 0 saturated heterocycles. The van der Waals surface area contributed by atoms with Crippen molar-refractivity contribution < 1.29 is 9.59 Å². The van der Waals surface area contributed by atoms with Crippen molar-refractivity contribution in [3.63, 3.8) is 0 Å². The van der Waals surface area contributed by atoms with Crippen molar-refractivity contribution in [1.82, 2.24) is 10.9 Å². The highest BCUT2D eigenvalue weighted by atomic mass is 16.2. The molecule has 2 amide bonds. The van der Waals surface area contributed by atoms with E-state index in [1.165, 1.54) is 0 Å². The van der Waals surface area contributed by atoms with Crippen LogP contribution in [-0.2, 0) is 4.79 Å². The molecule has 0 aliphatic heterocycles. The molecule has 0 saturated carbocycles. The fourth-order valence-corrected chi connectivity index (χ4v) is 1.44. The highest BCUT2D eigenvalue weighted by Gasteiger charge is 2.10. The van der Waals surface area contributed by atoms with Crippen LogP contribution < -0.4 is 15.8 Å². The van der Waals surface area contributed by atoms with E-state index in [1.807, 2.05) is 37.9 Å². The lowest BCUT2D eigenvalue weighted by atomic mass is 10.1. The standard InChI is InChI=1S/C12H17N3O2/c1-4-15(3)10-6-5-9(2)11(7-10)12(17)14-13-8-16/h5-8H,4H2,1-3H3,(H,13,16)(H,14,17). The van der Waals surface area contributed by atoms with Gasteiger partial charge in [-0.05, 0) is 31.5 Å². The second-order valence-corrected chi connectivity index (χ2v) is 3.73. The summed E-state index contributed by atoms with van der Waals surface area (Å²) in [7, 11) is 1.95. The minimum atomic E-state index is -0.319. The number of rotatable bonds is 5.